The van der Waals surface area contributed by atoms with Crippen LogP contribution in [-0.2, 0) is 0 Å². The maximum atomic E-state index is 13.7. The average Bonchev–Trinajstić information content (AvgIpc) is 3.10. The number of fused-ring (bicyclic) bond motifs is 1. The molecule has 2 aliphatic rings. The van der Waals surface area contributed by atoms with Crippen molar-refractivity contribution in [2.75, 3.05) is 11.4 Å². The van der Waals surface area contributed by atoms with Crippen molar-refractivity contribution in [1.29, 1.82) is 0 Å². The molecule has 1 aliphatic carbocycles. The molecule has 2 aromatic heterocycles. The second-order valence-corrected chi connectivity index (χ2v) is 6.59. The molecular weight excluding hydrogens is 327 g/mol. The Morgan fingerprint density at radius 2 is 1.88 bits per heavy atom. The zero-order valence-electron chi connectivity index (χ0n) is 14.2. The van der Waals surface area contributed by atoms with E-state index in [0.29, 0.717) is 12.2 Å². The summed E-state index contributed by atoms with van der Waals surface area (Å²) in [5, 5.41) is 1.02. The Kier molecular flexibility index (Phi) is 3.52. The van der Waals surface area contributed by atoms with E-state index in [1.54, 1.807) is 18.5 Å². The molecule has 3 aromatic rings. The summed E-state index contributed by atoms with van der Waals surface area (Å²) in [5.74, 6) is 1.54. The van der Waals surface area contributed by atoms with Gasteiger partial charge in [-0.3, -0.25) is 4.98 Å². The highest BCUT2D eigenvalue weighted by Crippen LogP contribution is 2.39. The summed E-state index contributed by atoms with van der Waals surface area (Å²) in [7, 11) is 0. The molecule has 0 N–H and O–H groups in total. The lowest BCUT2D eigenvalue weighted by molar-refractivity contribution is 0.578. The van der Waals surface area contributed by atoms with E-state index in [4.69, 9.17) is 9.97 Å². The first-order valence-corrected chi connectivity index (χ1v) is 8.82. The third-order valence-electron chi connectivity index (χ3n) is 4.99. The van der Waals surface area contributed by atoms with Crippen LogP contribution in [0.2, 0.25) is 0 Å². The zero-order chi connectivity index (χ0) is 17.5. The maximum Gasteiger partial charge on any atom is 0.163 e. The fourth-order valence-electron chi connectivity index (χ4n) is 3.76. The number of hydrogen-bond acceptors (Lipinski definition) is 4. The van der Waals surface area contributed by atoms with Crippen LogP contribution in [0.5, 0.6) is 0 Å². The second-order valence-electron chi connectivity index (χ2n) is 6.59. The smallest absolute Gasteiger partial charge is 0.163 e. The average molecular weight is 344 g/mol. The van der Waals surface area contributed by atoms with Gasteiger partial charge in [0.25, 0.3) is 0 Å². The van der Waals surface area contributed by atoms with E-state index in [-0.39, 0.29) is 5.83 Å². The van der Waals surface area contributed by atoms with Gasteiger partial charge in [0.15, 0.2) is 5.82 Å². The summed E-state index contributed by atoms with van der Waals surface area (Å²) in [6.07, 6.45) is 7.26. The molecule has 0 atom stereocenters. The molecule has 26 heavy (non-hydrogen) atoms. The predicted octanol–water partition coefficient (Wildman–Crippen LogP) is 4.80. The Balaban J connectivity index is 1.70. The van der Waals surface area contributed by atoms with Crippen molar-refractivity contribution in [3.05, 3.63) is 72.0 Å². The molecule has 128 valence electrons. The molecule has 5 heteroatoms. The van der Waals surface area contributed by atoms with Crippen molar-refractivity contribution < 1.29 is 4.39 Å². The van der Waals surface area contributed by atoms with Gasteiger partial charge in [0.05, 0.1) is 5.52 Å². The number of benzene rings is 1. The lowest BCUT2D eigenvalue weighted by Crippen LogP contribution is -2.21. The Bertz CT molecular complexity index is 1060. The highest BCUT2D eigenvalue weighted by molar-refractivity contribution is 5.92. The predicted molar refractivity (Wildman–Crippen MR) is 100 cm³/mol. The van der Waals surface area contributed by atoms with Crippen LogP contribution in [0.1, 0.15) is 19.3 Å². The van der Waals surface area contributed by atoms with Crippen molar-refractivity contribution in [3.63, 3.8) is 0 Å². The molecule has 5 rings (SSSR count). The molecule has 0 fully saturated rings. The number of hydrogen-bond donors (Lipinski definition) is 0. The Hall–Kier alpha value is -3.08. The summed E-state index contributed by atoms with van der Waals surface area (Å²) < 4.78 is 13.7. The molecule has 0 saturated heterocycles. The van der Waals surface area contributed by atoms with Crippen LogP contribution >= 0.6 is 0 Å². The normalized spacial score (nSPS) is 16.8. The first-order valence-electron chi connectivity index (χ1n) is 8.82. The standard InChI is InChI=1S/C21H17FN4/c22-16-7-8-19-14(12-16)9-11-26(19)21-17-5-1-2-6-18(17)24-20(25-21)15-4-3-10-23-13-15/h1-6,10,12-13H,7-9,11H2. The lowest BCUT2D eigenvalue weighted by Gasteiger charge is -2.24. The number of pyridine rings is 1. The van der Waals surface area contributed by atoms with Crippen LogP contribution in [0.3, 0.4) is 0 Å². The fourth-order valence-corrected chi connectivity index (χ4v) is 3.76. The van der Waals surface area contributed by atoms with Gasteiger partial charge >= 0.3 is 0 Å². The van der Waals surface area contributed by atoms with Crippen LogP contribution in [0.15, 0.2) is 72.0 Å². The largest absolute Gasteiger partial charge is 0.329 e. The minimum Gasteiger partial charge on any atom is -0.329 e. The monoisotopic (exact) mass is 344 g/mol. The third kappa shape index (κ3) is 2.47. The summed E-state index contributed by atoms with van der Waals surface area (Å²) in [6.45, 7) is 0.821. The number of anilines is 1. The number of nitrogens with zero attached hydrogens (tertiary/aromatic N) is 4. The molecule has 0 spiro atoms. The molecule has 3 heterocycles. The maximum absolute atomic E-state index is 13.7. The van der Waals surface area contributed by atoms with Gasteiger partial charge in [-0.05, 0) is 48.8 Å². The van der Waals surface area contributed by atoms with Gasteiger partial charge in [-0.25, -0.2) is 14.4 Å². The number of rotatable bonds is 2. The highest BCUT2D eigenvalue weighted by atomic mass is 19.1. The number of para-hydroxylation sites is 1. The topological polar surface area (TPSA) is 41.9 Å². The molecule has 0 amide bonds. The van der Waals surface area contributed by atoms with Gasteiger partial charge < -0.3 is 4.90 Å². The van der Waals surface area contributed by atoms with E-state index < -0.39 is 0 Å². The summed E-state index contributed by atoms with van der Waals surface area (Å²) in [4.78, 5) is 16.0. The van der Waals surface area contributed by atoms with Gasteiger partial charge in [-0.2, -0.15) is 0 Å². The summed E-state index contributed by atoms with van der Waals surface area (Å²) in [5.41, 5.74) is 4.08. The number of aromatic nitrogens is 3. The van der Waals surface area contributed by atoms with E-state index in [0.717, 1.165) is 47.2 Å². The Morgan fingerprint density at radius 3 is 2.77 bits per heavy atom. The minimum absolute atomic E-state index is 0.0193. The lowest BCUT2D eigenvalue weighted by atomic mass is 10.0. The molecular formula is C21H17FN4. The fraction of sp³-hybridized carbons (Fsp3) is 0.190. The molecule has 0 bridgehead atoms. The zero-order valence-corrected chi connectivity index (χ0v) is 14.2. The van der Waals surface area contributed by atoms with Crippen molar-refractivity contribution >= 4 is 16.7 Å². The summed E-state index contributed by atoms with van der Waals surface area (Å²) in [6, 6.07) is 11.9. The highest BCUT2D eigenvalue weighted by Gasteiger charge is 2.28. The van der Waals surface area contributed by atoms with E-state index >= 15 is 0 Å². The molecule has 1 aliphatic heterocycles. The van der Waals surface area contributed by atoms with Crippen molar-refractivity contribution in [2.45, 2.75) is 19.3 Å². The van der Waals surface area contributed by atoms with Crippen LogP contribution in [-0.4, -0.2) is 21.5 Å². The van der Waals surface area contributed by atoms with Crippen LogP contribution in [0.4, 0.5) is 10.2 Å². The van der Waals surface area contributed by atoms with E-state index in [1.165, 1.54) is 5.70 Å². The van der Waals surface area contributed by atoms with Gasteiger partial charge in [0.1, 0.15) is 11.6 Å². The molecule has 4 nitrogen and oxygen atoms in total. The van der Waals surface area contributed by atoms with Crippen LogP contribution < -0.4 is 4.90 Å². The summed E-state index contributed by atoms with van der Waals surface area (Å²) >= 11 is 0. The van der Waals surface area contributed by atoms with Gasteiger partial charge in [-0.1, -0.05) is 12.1 Å². The van der Waals surface area contributed by atoms with Crippen LogP contribution in [0.25, 0.3) is 22.3 Å². The van der Waals surface area contributed by atoms with E-state index in [9.17, 15) is 4.39 Å². The minimum atomic E-state index is -0.0193. The van der Waals surface area contributed by atoms with Crippen molar-refractivity contribution in [1.82, 2.24) is 15.0 Å². The van der Waals surface area contributed by atoms with Gasteiger partial charge in [-0.15, -0.1) is 0 Å². The van der Waals surface area contributed by atoms with Crippen molar-refractivity contribution in [3.8, 4) is 11.4 Å². The van der Waals surface area contributed by atoms with Crippen molar-refractivity contribution in [2.24, 2.45) is 0 Å². The van der Waals surface area contributed by atoms with E-state index in [2.05, 4.69) is 16.0 Å². The first kappa shape index (κ1) is 15.2. The van der Waals surface area contributed by atoms with Crippen LogP contribution in [0, 0.1) is 0 Å². The Morgan fingerprint density at radius 1 is 0.962 bits per heavy atom. The second kappa shape index (κ2) is 6.02. The third-order valence-corrected chi connectivity index (χ3v) is 4.99. The molecule has 0 saturated carbocycles. The van der Waals surface area contributed by atoms with Gasteiger partial charge in [0.2, 0.25) is 0 Å². The SMILES string of the molecule is FC1=CC2=C(CC1)N(c1nc(-c3cccnc3)nc3ccccc13)CC2. The number of halogens is 1. The molecule has 1 aromatic carbocycles. The Labute approximate surface area is 150 Å². The molecule has 0 radical (unpaired) electrons. The quantitative estimate of drug-likeness (QED) is 0.669. The molecule has 0 unspecified atom stereocenters. The van der Waals surface area contributed by atoms with E-state index in [1.807, 2.05) is 30.3 Å². The first-order chi connectivity index (χ1) is 12.8. The van der Waals surface area contributed by atoms with Gasteiger partial charge in [0, 0.05) is 42.0 Å². The number of allylic oxidation sites excluding steroid dienone is 3.